The first-order chi connectivity index (χ1) is 9.72. The summed E-state index contributed by atoms with van der Waals surface area (Å²) in [5.41, 5.74) is 2.09. The molecule has 1 nitrogen and oxygen atoms in total. The van der Waals surface area contributed by atoms with Crippen molar-refractivity contribution in [1.82, 2.24) is 0 Å². The molecule has 0 saturated carbocycles. The third-order valence-corrected chi connectivity index (χ3v) is 3.84. The Hall–Kier alpha value is -1.87. The lowest BCUT2D eigenvalue weighted by atomic mass is 10.1. The molecule has 0 heterocycles. The molecule has 3 aromatic carbocycles. The summed E-state index contributed by atoms with van der Waals surface area (Å²) < 4.78 is 13.7. The van der Waals surface area contributed by atoms with Crippen LogP contribution in [0.15, 0.2) is 65.1 Å². The molecule has 0 saturated heterocycles. The predicted octanol–water partition coefficient (Wildman–Crippen LogP) is 5.35. The van der Waals surface area contributed by atoms with Gasteiger partial charge in [0.15, 0.2) is 0 Å². The minimum atomic E-state index is -0.237. The SMILES string of the molecule is Fc1ccc(CNc2ccc3ccccc3c2)cc1Br. The third kappa shape index (κ3) is 2.83. The molecule has 0 amide bonds. The highest BCUT2D eigenvalue weighted by Crippen LogP contribution is 2.21. The number of fused-ring (bicyclic) bond motifs is 1. The molecule has 0 aliphatic heterocycles. The van der Waals surface area contributed by atoms with Crippen molar-refractivity contribution in [2.75, 3.05) is 5.32 Å². The van der Waals surface area contributed by atoms with E-state index < -0.39 is 0 Å². The largest absolute Gasteiger partial charge is 0.381 e. The van der Waals surface area contributed by atoms with Gasteiger partial charge >= 0.3 is 0 Å². The Balaban J connectivity index is 1.77. The Bertz CT molecular complexity index is 755. The summed E-state index contributed by atoms with van der Waals surface area (Å²) in [7, 11) is 0. The Labute approximate surface area is 125 Å². The minimum absolute atomic E-state index is 0.237. The second-order valence-corrected chi connectivity index (χ2v) is 5.52. The molecule has 100 valence electrons. The number of hydrogen-bond donors (Lipinski definition) is 1. The monoisotopic (exact) mass is 329 g/mol. The summed E-state index contributed by atoms with van der Waals surface area (Å²) in [6.45, 7) is 0.664. The van der Waals surface area contributed by atoms with Crippen molar-refractivity contribution >= 4 is 32.4 Å². The van der Waals surface area contributed by atoms with Gasteiger partial charge in [-0.1, -0.05) is 36.4 Å². The van der Waals surface area contributed by atoms with Crippen molar-refractivity contribution in [2.24, 2.45) is 0 Å². The number of hydrogen-bond acceptors (Lipinski definition) is 1. The fourth-order valence-corrected chi connectivity index (χ4v) is 2.58. The quantitative estimate of drug-likeness (QED) is 0.682. The topological polar surface area (TPSA) is 12.0 Å². The molecular formula is C17H13BrFN. The number of rotatable bonds is 3. The third-order valence-electron chi connectivity index (χ3n) is 3.23. The van der Waals surface area contributed by atoms with E-state index in [9.17, 15) is 4.39 Å². The fraction of sp³-hybridized carbons (Fsp3) is 0.0588. The molecule has 1 N–H and O–H groups in total. The van der Waals surface area contributed by atoms with Gasteiger partial charge in [0.25, 0.3) is 0 Å². The Morgan fingerprint density at radius 2 is 1.70 bits per heavy atom. The van der Waals surface area contributed by atoms with Crippen molar-refractivity contribution in [3.8, 4) is 0 Å². The lowest BCUT2D eigenvalue weighted by molar-refractivity contribution is 0.620. The Morgan fingerprint density at radius 3 is 2.50 bits per heavy atom. The lowest BCUT2D eigenvalue weighted by Crippen LogP contribution is -1.99. The number of halogens is 2. The van der Waals surface area contributed by atoms with E-state index >= 15 is 0 Å². The van der Waals surface area contributed by atoms with Gasteiger partial charge in [-0.3, -0.25) is 0 Å². The predicted molar refractivity (Wildman–Crippen MR) is 85.4 cm³/mol. The van der Waals surface area contributed by atoms with Crippen LogP contribution in [-0.4, -0.2) is 0 Å². The standard InChI is InChI=1S/C17H13BrFN/c18-16-9-12(5-8-17(16)19)11-20-15-7-6-13-3-1-2-4-14(13)10-15/h1-10,20H,11H2. The Morgan fingerprint density at radius 1 is 0.900 bits per heavy atom. The van der Waals surface area contributed by atoms with E-state index in [0.717, 1.165) is 11.3 Å². The molecule has 3 heteroatoms. The number of nitrogens with one attached hydrogen (secondary N) is 1. The minimum Gasteiger partial charge on any atom is -0.381 e. The van der Waals surface area contributed by atoms with E-state index in [2.05, 4.69) is 51.6 Å². The van der Waals surface area contributed by atoms with Gasteiger partial charge < -0.3 is 5.32 Å². The van der Waals surface area contributed by atoms with Crippen LogP contribution in [0, 0.1) is 5.82 Å². The highest BCUT2D eigenvalue weighted by atomic mass is 79.9. The van der Waals surface area contributed by atoms with E-state index in [1.165, 1.54) is 16.8 Å². The van der Waals surface area contributed by atoms with E-state index in [0.29, 0.717) is 11.0 Å². The van der Waals surface area contributed by atoms with Gasteiger partial charge in [0, 0.05) is 12.2 Å². The average molecular weight is 330 g/mol. The number of anilines is 1. The molecule has 0 atom stereocenters. The summed E-state index contributed by atoms with van der Waals surface area (Å²) in [5.74, 6) is -0.237. The van der Waals surface area contributed by atoms with Gasteiger partial charge in [-0.15, -0.1) is 0 Å². The van der Waals surface area contributed by atoms with Crippen LogP contribution < -0.4 is 5.32 Å². The van der Waals surface area contributed by atoms with Gasteiger partial charge in [0.05, 0.1) is 4.47 Å². The van der Waals surface area contributed by atoms with Crippen molar-refractivity contribution in [2.45, 2.75) is 6.54 Å². The van der Waals surface area contributed by atoms with E-state index in [-0.39, 0.29) is 5.82 Å². The lowest BCUT2D eigenvalue weighted by Gasteiger charge is -2.08. The zero-order valence-electron chi connectivity index (χ0n) is 10.7. The van der Waals surface area contributed by atoms with Crippen LogP contribution in [0.25, 0.3) is 10.8 Å². The highest BCUT2D eigenvalue weighted by molar-refractivity contribution is 9.10. The van der Waals surface area contributed by atoms with Gasteiger partial charge in [-0.2, -0.15) is 0 Å². The zero-order valence-corrected chi connectivity index (χ0v) is 12.3. The van der Waals surface area contributed by atoms with Crippen LogP contribution >= 0.6 is 15.9 Å². The van der Waals surface area contributed by atoms with Gasteiger partial charge in [0.2, 0.25) is 0 Å². The van der Waals surface area contributed by atoms with Crippen LogP contribution in [0.3, 0.4) is 0 Å². The molecule has 20 heavy (non-hydrogen) atoms. The molecule has 3 aromatic rings. The van der Waals surface area contributed by atoms with Crippen LogP contribution in [0.4, 0.5) is 10.1 Å². The van der Waals surface area contributed by atoms with Gasteiger partial charge in [0.1, 0.15) is 5.82 Å². The maximum Gasteiger partial charge on any atom is 0.137 e. The molecule has 0 radical (unpaired) electrons. The molecular weight excluding hydrogens is 317 g/mol. The first-order valence-electron chi connectivity index (χ1n) is 6.39. The maximum absolute atomic E-state index is 13.2. The molecule has 3 rings (SSSR count). The Kier molecular flexibility index (Phi) is 3.70. The average Bonchev–Trinajstić information content (AvgIpc) is 2.48. The maximum atomic E-state index is 13.2. The molecule has 0 aliphatic rings. The van der Waals surface area contributed by atoms with Crippen molar-refractivity contribution in [3.05, 3.63) is 76.5 Å². The fourth-order valence-electron chi connectivity index (χ4n) is 2.15. The first kappa shape index (κ1) is 13.1. The summed E-state index contributed by atoms with van der Waals surface area (Å²) in [6.07, 6.45) is 0. The van der Waals surface area contributed by atoms with E-state index in [1.807, 2.05) is 12.1 Å². The molecule has 0 aromatic heterocycles. The second kappa shape index (κ2) is 5.63. The summed E-state index contributed by atoms with van der Waals surface area (Å²) >= 11 is 3.20. The van der Waals surface area contributed by atoms with Crippen molar-refractivity contribution in [3.63, 3.8) is 0 Å². The van der Waals surface area contributed by atoms with E-state index in [1.54, 1.807) is 12.1 Å². The summed E-state index contributed by atoms with van der Waals surface area (Å²) in [5, 5.41) is 5.79. The summed E-state index contributed by atoms with van der Waals surface area (Å²) in [6, 6.07) is 19.6. The smallest absolute Gasteiger partial charge is 0.137 e. The van der Waals surface area contributed by atoms with E-state index in [4.69, 9.17) is 0 Å². The highest BCUT2D eigenvalue weighted by Gasteiger charge is 2.01. The molecule has 0 spiro atoms. The molecule has 0 fully saturated rings. The second-order valence-electron chi connectivity index (χ2n) is 4.66. The van der Waals surface area contributed by atoms with Crippen LogP contribution in [0.5, 0.6) is 0 Å². The van der Waals surface area contributed by atoms with Gasteiger partial charge in [-0.25, -0.2) is 4.39 Å². The first-order valence-corrected chi connectivity index (χ1v) is 7.18. The zero-order chi connectivity index (χ0) is 13.9. The number of benzene rings is 3. The van der Waals surface area contributed by atoms with Gasteiger partial charge in [-0.05, 0) is 56.5 Å². The molecule has 0 aliphatic carbocycles. The normalized spacial score (nSPS) is 10.7. The van der Waals surface area contributed by atoms with Crippen molar-refractivity contribution < 1.29 is 4.39 Å². The van der Waals surface area contributed by atoms with Crippen LogP contribution in [0.2, 0.25) is 0 Å². The molecule has 0 unspecified atom stereocenters. The van der Waals surface area contributed by atoms with Crippen molar-refractivity contribution in [1.29, 1.82) is 0 Å². The van der Waals surface area contributed by atoms with Crippen LogP contribution in [0.1, 0.15) is 5.56 Å². The molecule has 0 bridgehead atoms. The summed E-state index contributed by atoms with van der Waals surface area (Å²) in [4.78, 5) is 0. The van der Waals surface area contributed by atoms with Crippen LogP contribution in [-0.2, 0) is 6.54 Å².